The van der Waals surface area contributed by atoms with E-state index in [0.29, 0.717) is 11.5 Å². The Kier molecular flexibility index (Phi) is 1.80. The van der Waals surface area contributed by atoms with E-state index < -0.39 is 0 Å². The Hall–Kier alpha value is -1.72. The molecule has 2 aromatic heterocycles. The van der Waals surface area contributed by atoms with Crippen LogP contribution in [0.2, 0.25) is 0 Å². The van der Waals surface area contributed by atoms with Crippen LogP contribution in [-0.2, 0) is 13.5 Å². The molecule has 0 bridgehead atoms. The quantitative estimate of drug-likeness (QED) is 0.711. The minimum Gasteiger partial charge on any atom is -0.263 e. The molecule has 0 radical (unpaired) electrons. The lowest BCUT2D eigenvalue weighted by molar-refractivity contribution is 0.655. The van der Waals surface area contributed by atoms with Crippen molar-refractivity contribution in [1.82, 2.24) is 30.2 Å². The fourth-order valence-corrected chi connectivity index (χ4v) is 1.02. The monoisotopic (exact) mass is 178 g/mol. The molecule has 0 saturated heterocycles. The molecular weight excluding hydrogens is 168 g/mol. The number of nitrogens with one attached hydrogen (secondary N) is 1. The molecule has 6 heteroatoms. The highest BCUT2D eigenvalue weighted by Gasteiger charge is 2.07. The summed E-state index contributed by atoms with van der Waals surface area (Å²) in [5.41, 5.74) is 0.693. The maximum atomic E-state index is 4.23. The predicted octanol–water partition coefficient (Wildman–Crippen LogP) is 0.163. The SMILES string of the molecule is CCc1nc(-c2cnn(C)n2)n[nH]1. The summed E-state index contributed by atoms with van der Waals surface area (Å²) in [6.07, 6.45) is 2.48. The molecule has 0 unspecified atom stereocenters. The normalized spacial score (nSPS) is 10.6. The number of rotatable bonds is 2. The van der Waals surface area contributed by atoms with Gasteiger partial charge in [0.1, 0.15) is 5.82 Å². The van der Waals surface area contributed by atoms with Gasteiger partial charge in [-0.2, -0.15) is 20.1 Å². The minimum absolute atomic E-state index is 0.602. The van der Waals surface area contributed by atoms with Gasteiger partial charge in [-0.1, -0.05) is 6.92 Å². The molecule has 68 valence electrons. The van der Waals surface area contributed by atoms with E-state index in [1.165, 1.54) is 4.80 Å². The lowest BCUT2D eigenvalue weighted by Gasteiger charge is -1.83. The summed E-state index contributed by atoms with van der Waals surface area (Å²) in [7, 11) is 1.76. The summed E-state index contributed by atoms with van der Waals surface area (Å²) in [6.45, 7) is 2.01. The highest BCUT2D eigenvalue weighted by Crippen LogP contribution is 2.08. The molecule has 0 aliphatic heterocycles. The number of aromatic nitrogens is 6. The number of hydrogen-bond donors (Lipinski definition) is 1. The summed E-state index contributed by atoms with van der Waals surface area (Å²) >= 11 is 0. The molecule has 13 heavy (non-hydrogen) atoms. The molecule has 0 saturated carbocycles. The molecule has 2 aromatic rings. The van der Waals surface area contributed by atoms with E-state index in [0.717, 1.165) is 12.2 Å². The number of hydrogen-bond acceptors (Lipinski definition) is 4. The van der Waals surface area contributed by atoms with Crippen LogP contribution in [0.4, 0.5) is 0 Å². The molecule has 2 rings (SSSR count). The Balaban J connectivity index is 2.35. The van der Waals surface area contributed by atoms with Crippen LogP contribution in [0.15, 0.2) is 6.20 Å². The lowest BCUT2D eigenvalue weighted by Crippen LogP contribution is -1.92. The van der Waals surface area contributed by atoms with Crippen LogP contribution < -0.4 is 0 Å². The molecule has 0 aliphatic carbocycles. The zero-order valence-corrected chi connectivity index (χ0v) is 7.52. The van der Waals surface area contributed by atoms with Gasteiger partial charge in [-0.15, -0.1) is 0 Å². The number of aryl methyl sites for hydroxylation is 2. The Morgan fingerprint density at radius 3 is 2.92 bits per heavy atom. The summed E-state index contributed by atoms with van der Waals surface area (Å²) < 4.78 is 0. The number of nitrogens with zero attached hydrogens (tertiary/aromatic N) is 5. The molecule has 0 amide bonds. The van der Waals surface area contributed by atoms with Gasteiger partial charge >= 0.3 is 0 Å². The van der Waals surface area contributed by atoms with Gasteiger partial charge in [0.25, 0.3) is 0 Å². The molecule has 6 nitrogen and oxygen atoms in total. The van der Waals surface area contributed by atoms with Crippen molar-refractivity contribution in [1.29, 1.82) is 0 Å². The van der Waals surface area contributed by atoms with Crippen LogP contribution >= 0.6 is 0 Å². The van der Waals surface area contributed by atoms with Crippen LogP contribution in [0.5, 0.6) is 0 Å². The topological polar surface area (TPSA) is 72.3 Å². The standard InChI is InChI=1S/C7H10N6/c1-3-6-9-7(11-10-6)5-4-8-13(2)12-5/h4H,3H2,1-2H3,(H,9,10,11). The van der Waals surface area contributed by atoms with E-state index in [4.69, 9.17) is 0 Å². The van der Waals surface area contributed by atoms with Crippen molar-refractivity contribution in [2.75, 3.05) is 0 Å². The average molecular weight is 178 g/mol. The average Bonchev–Trinajstić information content (AvgIpc) is 2.71. The van der Waals surface area contributed by atoms with Crippen molar-refractivity contribution >= 4 is 0 Å². The molecular formula is C7H10N6. The third kappa shape index (κ3) is 1.42. The minimum atomic E-state index is 0.602. The zero-order valence-electron chi connectivity index (χ0n) is 7.52. The molecule has 0 fully saturated rings. The molecule has 2 heterocycles. The summed E-state index contributed by atoms with van der Waals surface area (Å²) in [6, 6.07) is 0. The van der Waals surface area contributed by atoms with Crippen LogP contribution in [-0.4, -0.2) is 30.2 Å². The second kappa shape index (κ2) is 2.96. The molecule has 0 aliphatic rings. The first kappa shape index (κ1) is 7.90. The third-order valence-corrected chi connectivity index (χ3v) is 1.70. The van der Waals surface area contributed by atoms with Crippen LogP contribution in [0, 0.1) is 0 Å². The van der Waals surface area contributed by atoms with Crippen molar-refractivity contribution in [3.8, 4) is 11.5 Å². The van der Waals surface area contributed by atoms with Crippen molar-refractivity contribution in [3.05, 3.63) is 12.0 Å². The maximum Gasteiger partial charge on any atom is 0.203 e. The van der Waals surface area contributed by atoms with E-state index in [1.807, 2.05) is 6.92 Å². The second-order valence-electron chi connectivity index (χ2n) is 2.68. The van der Waals surface area contributed by atoms with Gasteiger partial charge in [-0.25, -0.2) is 4.98 Å². The van der Waals surface area contributed by atoms with Gasteiger partial charge in [-0.05, 0) is 0 Å². The molecule has 0 atom stereocenters. The van der Waals surface area contributed by atoms with Gasteiger partial charge in [-0.3, -0.25) is 5.10 Å². The Labute approximate surface area is 75.0 Å². The van der Waals surface area contributed by atoms with Gasteiger partial charge in [0.05, 0.1) is 6.20 Å². The van der Waals surface area contributed by atoms with Gasteiger partial charge in [0.15, 0.2) is 5.69 Å². The van der Waals surface area contributed by atoms with Crippen LogP contribution in [0.1, 0.15) is 12.7 Å². The summed E-state index contributed by atoms with van der Waals surface area (Å²) in [4.78, 5) is 5.71. The molecule has 1 N–H and O–H groups in total. The largest absolute Gasteiger partial charge is 0.263 e. The van der Waals surface area contributed by atoms with Gasteiger partial charge in [0.2, 0.25) is 5.82 Å². The first-order valence-corrected chi connectivity index (χ1v) is 4.07. The van der Waals surface area contributed by atoms with E-state index in [-0.39, 0.29) is 0 Å². The fraction of sp³-hybridized carbons (Fsp3) is 0.429. The van der Waals surface area contributed by atoms with E-state index in [2.05, 4.69) is 25.4 Å². The number of aromatic amines is 1. The maximum absolute atomic E-state index is 4.23. The van der Waals surface area contributed by atoms with Crippen molar-refractivity contribution in [3.63, 3.8) is 0 Å². The lowest BCUT2D eigenvalue weighted by atomic mass is 10.4. The number of H-pyrrole nitrogens is 1. The summed E-state index contributed by atoms with van der Waals surface area (Å²) in [5.74, 6) is 1.46. The molecule has 0 aromatic carbocycles. The second-order valence-corrected chi connectivity index (χ2v) is 2.68. The predicted molar refractivity (Wildman–Crippen MR) is 45.8 cm³/mol. The van der Waals surface area contributed by atoms with Crippen molar-refractivity contribution in [2.24, 2.45) is 7.05 Å². The third-order valence-electron chi connectivity index (χ3n) is 1.70. The van der Waals surface area contributed by atoms with Gasteiger partial charge in [0, 0.05) is 13.5 Å². The van der Waals surface area contributed by atoms with Crippen molar-refractivity contribution < 1.29 is 0 Å². The Morgan fingerprint density at radius 1 is 1.54 bits per heavy atom. The first-order valence-electron chi connectivity index (χ1n) is 4.07. The Bertz CT molecular complexity index is 401. The fourth-order valence-electron chi connectivity index (χ4n) is 1.02. The highest BCUT2D eigenvalue weighted by atomic mass is 15.5. The van der Waals surface area contributed by atoms with Crippen LogP contribution in [0.3, 0.4) is 0 Å². The van der Waals surface area contributed by atoms with Crippen LogP contribution in [0.25, 0.3) is 11.5 Å². The summed E-state index contributed by atoms with van der Waals surface area (Å²) in [5, 5.41) is 14.9. The first-order chi connectivity index (χ1) is 6.29. The van der Waals surface area contributed by atoms with Gasteiger partial charge < -0.3 is 0 Å². The van der Waals surface area contributed by atoms with E-state index in [9.17, 15) is 0 Å². The Morgan fingerprint density at radius 2 is 2.38 bits per heavy atom. The molecule has 0 spiro atoms. The zero-order chi connectivity index (χ0) is 9.26. The smallest absolute Gasteiger partial charge is 0.203 e. The van der Waals surface area contributed by atoms with E-state index >= 15 is 0 Å². The van der Waals surface area contributed by atoms with E-state index in [1.54, 1.807) is 13.2 Å². The highest BCUT2D eigenvalue weighted by molar-refractivity contribution is 5.45. The van der Waals surface area contributed by atoms with Crippen molar-refractivity contribution in [2.45, 2.75) is 13.3 Å².